The molecule has 0 spiro atoms. The first-order valence-electron chi connectivity index (χ1n) is 9.56. The van der Waals surface area contributed by atoms with Crippen molar-refractivity contribution in [3.8, 4) is 17.1 Å². The molecule has 0 radical (unpaired) electrons. The number of para-hydroxylation sites is 1. The SMILES string of the molecule is O=C(O)C1CCCN1CCOc1cc(Br)ccc1-c1cc(=O)c2cccc(Cl)c2o1. The highest BCUT2D eigenvalue weighted by molar-refractivity contribution is 9.10. The highest BCUT2D eigenvalue weighted by atomic mass is 79.9. The van der Waals surface area contributed by atoms with Crippen LogP contribution in [0.15, 0.2) is 56.1 Å². The lowest BCUT2D eigenvalue weighted by Crippen LogP contribution is -2.38. The zero-order valence-corrected chi connectivity index (χ0v) is 18.3. The van der Waals surface area contributed by atoms with Crippen molar-refractivity contribution in [3.05, 3.63) is 62.2 Å². The third-order valence-electron chi connectivity index (χ3n) is 5.20. The first-order valence-corrected chi connectivity index (χ1v) is 10.7. The number of carboxylic acids is 1. The molecule has 0 saturated carbocycles. The van der Waals surface area contributed by atoms with Gasteiger partial charge in [-0.15, -0.1) is 0 Å². The Morgan fingerprint density at radius 3 is 2.93 bits per heavy atom. The van der Waals surface area contributed by atoms with E-state index >= 15 is 0 Å². The van der Waals surface area contributed by atoms with Crippen molar-refractivity contribution in [1.82, 2.24) is 4.90 Å². The van der Waals surface area contributed by atoms with E-state index in [1.54, 1.807) is 30.3 Å². The van der Waals surface area contributed by atoms with Gasteiger partial charge < -0.3 is 14.3 Å². The van der Waals surface area contributed by atoms with Crippen molar-refractivity contribution >= 4 is 44.5 Å². The molecule has 0 bridgehead atoms. The van der Waals surface area contributed by atoms with Crippen LogP contribution in [0.2, 0.25) is 5.02 Å². The van der Waals surface area contributed by atoms with Gasteiger partial charge in [-0.05, 0) is 49.7 Å². The number of aliphatic carboxylic acids is 1. The molecule has 1 aliphatic heterocycles. The lowest BCUT2D eigenvalue weighted by atomic mass is 10.1. The van der Waals surface area contributed by atoms with Crippen LogP contribution >= 0.6 is 27.5 Å². The summed E-state index contributed by atoms with van der Waals surface area (Å²) in [6.07, 6.45) is 1.52. The van der Waals surface area contributed by atoms with E-state index in [4.69, 9.17) is 20.8 Å². The second-order valence-corrected chi connectivity index (χ2v) is 8.44. The van der Waals surface area contributed by atoms with Gasteiger partial charge >= 0.3 is 5.97 Å². The fourth-order valence-electron chi connectivity index (χ4n) is 3.74. The maximum Gasteiger partial charge on any atom is 0.320 e. The fraction of sp³-hybridized carbons (Fsp3) is 0.273. The van der Waals surface area contributed by atoms with Crippen molar-refractivity contribution in [2.24, 2.45) is 0 Å². The molecule has 4 rings (SSSR count). The Hall–Kier alpha value is -2.35. The lowest BCUT2D eigenvalue weighted by Gasteiger charge is -2.21. The van der Waals surface area contributed by atoms with Gasteiger partial charge in [0.05, 0.1) is 16.0 Å². The van der Waals surface area contributed by atoms with Gasteiger partial charge in [0.2, 0.25) is 0 Å². The van der Waals surface area contributed by atoms with Gasteiger partial charge in [0.15, 0.2) is 11.0 Å². The van der Waals surface area contributed by atoms with Crippen molar-refractivity contribution in [2.45, 2.75) is 18.9 Å². The summed E-state index contributed by atoms with van der Waals surface area (Å²) in [6, 6.07) is 11.4. The Bertz CT molecular complexity index is 1160. The maximum absolute atomic E-state index is 12.6. The van der Waals surface area contributed by atoms with Crippen LogP contribution in [0, 0.1) is 0 Å². The van der Waals surface area contributed by atoms with E-state index < -0.39 is 12.0 Å². The van der Waals surface area contributed by atoms with E-state index in [-0.39, 0.29) is 5.43 Å². The first kappa shape index (κ1) is 20.9. The summed E-state index contributed by atoms with van der Waals surface area (Å²) in [5.74, 6) is 0.0862. The molecule has 30 heavy (non-hydrogen) atoms. The fourth-order valence-corrected chi connectivity index (χ4v) is 4.29. The zero-order chi connectivity index (χ0) is 21.3. The van der Waals surface area contributed by atoms with Crippen molar-refractivity contribution < 1.29 is 19.1 Å². The van der Waals surface area contributed by atoms with E-state index in [0.717, 1.165) is 17.4 Å². The third-order valence-corrected chi connectivity index (χ3v) is 5.99. The Morgan fingerprint density at radius 1 is 1.30 bits per heavy atom. The van der Waals surface area contributed by atoms with Gasteiger partial charge in [-0.3, -0.25) is 14.5 Å². The molecule has 6 nitrogen and oxygen atoms in total. The highest BCUT2D eigenvalue weighted by Gasteiger charge is 2.30. The van der Waals surface area contributed by atoms with Gasteiger partial charge in [0, 0.05) is 17.1 Å². The smallest absolute Gasteiger partial charge is 0.320 e. The summed E-state index contributed by atoms with van der Waals surface area (Å²) < 4.78 is 12.7. The molecule has 2 aromatic carbocycles. The minimum Gasteiger partial charge on any atom is -0.491 e. The molecule has 2 heterocycles. The average molecular weight is 493 g/mol. The number of hydrogen-bond acceptors (Lipinski definition) is 5. The molecule has 1 aliphatic rings. The Kier molecular flexibility index (Phi) is 6.13. The van der Waals surface area contributed by atoms with E-state index in [0.29, 0.717) is 52.6 Å². The van der Waals surface area contributed by atoms with Crippen LogP contribution < -0.4 is 10.2 Å². The maximum atomic E-state index is 12.6. The summed E-state index contributed by atoms with van der Waals surface area (Å²) in [6.45, 7) is 1.55. The summed E-state index contributed by atoms with van der Waals surface area (Å²) >= 11 is 9.66. The number of nitrogens with zero attached hydrogens (tertiary/aromatic N) is 1. The van der Waals surface area contributed by atoms with Gasteiger partial charge in [-0.2, -0.15) is 0 Å². The molecule has 0 amide bonds. The summed E-state index contributed by atoms with van der Waals surface area (Å²) in [7, 11) is 0. The molecule has 156 valence electrons. The van der Waals surface area contributed by atoms with E-state index in [1.807, 2.05) is 11.0 Å². The predicted molar refractivity (Wildman–Crippen MR) is 118 cm³/mol. The molecule has 0 aliphatic carbocycles. The van der Waals surface area contributed by atoms with E-state index in [1.165, 1.54) is 6.07 Å². The molecule has 1 unspecified atom stereocenters. The van der Waals surface area contributed by atoms with E-state index in [2.05, 4.69) is 15.9 Å². The second kappa shape index (κ2) is 8.79. The molecule has 1 N–H and O–H groups in total. The lowest BCUT2D eigenvalue weighted by molar-refractivity contribution is -0.142. The van der Waals surface area contributed by atoms with Crippen LogP contribution in [0.1, 0.15) is 12.8 Å². The molecule has 1 atom stereocenters. The standard InChI is InChI=1S/C22H19BrClNO5/c23-13-6-7-15(20-12-18(26)14-3-1-4-16(24)21(14)30-20)19(11-13)29-10-9-25-8-2-5-17(25)22(27)28/h1,3-4,6-7,11-12,17H,2,5,8-10H2,(H,27,28). The number of hydrogen-bond donors (Lipinski definition) is 1. The largest absolute Gasteiger partial charge is 0.491 e. The summed E-state index contributed by atoms with van der Waals surface area (Å²) in [5.41, 5.74) is 0.759. The second-order valence-electron chi connectivity index (χ2n) is 7.11. The molecule has 1 aromatic heterocycles. The number of halogens is 2. The van der Waals surface area contributed by atoms with Crippen LogP contribution in [0.25, 0.3) is 22.3 Å². The first-order chi connectivity index (χ1) is 14.4. The minimum atomic E-state index is -0.800. The number of rotatable bonds is 6. The van der Waals surface area contributed by atoms with Gasteiger partial charge in [-0.1, -0.05) is 33.6 Å². The van der Waals surface area contributed by atoms with E-state index in [9.17, 15) is 14.7 Å². The Labute approximate surface area is 186 Å². The molecule has 1 saturated heterocycles. The van der Waals surface area contributed by atoms with Crippen LogP contribution in [-0.2, 0) is 4.79 Å². The molecular formula is C22H19BrClNO5. The molecule has 8 heteroatoms. The number of carboxylic acid groups (broad SMARTS) is 1. The summed E-state index contributed by atoms with van der Waals surface area (Å²) in [5, 5.41) is 10.1. The van der Waals surface area contributed by atoms with Crippen LogP contribution in [-0.4, -0.2) is 41.7 Å². The molecular weight excluding hydrogens is 474 g/mol. The Balaban J connectivity index is 1.61. The van der Waals surface area contributed by atoms with Crippen LogP contribution in [0.4, 0.5) is 0 Å². The van der Waals surface area contributed by atoms with Crippen molar-refractivity contribution in [2.75, 3.05) is 19.7 Å². The molecule has 3 aromatic rings. The van der Waals surface area contributed by atoms with Crippen molar-refractivity contribution in [3.63, 3.8) is 0 Å². The highest BCUT2D eigenvalue weighted by Crippen LogP contribution is 2.34. The van der Waals surface area contributed by atoms with Gasteiger partial charge in [-0.25, -0.2) is 0 Å². The summed E-state index contributed by atoms with van der Waals surface area (Å²) in [4.78, 5) is 25.8. The normalized spacial score (nSPS) is 16.8. The number of ether oxygens (including phenoxy) is 1. The number of likely N-dealkylation sites (tertiary alicyclic amines) is 1. The topological polar surface area (TPSA) is 80.0 Å². The van der Waals surface area contributed by atoms with Crippen LogP contribution in [0.3, 0.4) is 0 Å². The van der Waals surface area contributed by atoms with Crippen LogP contribution in [0.5, 0.6) is 5.75 Å². The predicted octanol–water partition coefficient (Wildman–Crippen LogP) is 4.80. The third kappa shape index (κ3) is 4.24. The Morgan fingerprint density at radius 2 is 2.13 bits per heavy atom. The number of benzene rings is 2. The van der Waals surface area contributed by atoms with Gasteiger partial charge in [0.1, 0.15) is 24.2 Å². The number of fused-ring (bicyclic) bond motifs is 1. The number of carbonyl (C=O) groups is 1. The quantitative estimate of drug-likeness (QED) is 0.532. The molecule has 1 fully saturated rings. The zero-order valence-electron chi connectivity index (χ0n) is 15.9. The average Bonchev–Trinajstić information content (AvgIpc) is 3.18. The van der Waals surface area contributed by atoms with Crippen molar-refractivity contribution in [1.29, 1.82) is 0 Å². The monoisotopic (exact) mass is 491 g/mol. The minimum absolute atomic E-state index is 0.191. The van der Waals surface area contributed by atoms with Gasteiger partial charge in [0.25, 0.3) is 0 Å².